The maximum Gasteiger partial charge on any atom is 0.410 e. The van der Waals surface area contributed by atoms with Crippen LogP contribution in [0.4, 0.5) is 4.79 Å². The molecule has 106 valence electrons. The molecule has 6 heteroatoms. The summed E-state index contributed by atoms with van der Waals surface area (Å²) in [5.41, 5.74) is -0.436. The molecule has 19 heavy (non-hydrogen) atoms. The van der Waals surface area contributed by atoms with E-state index in [2.05, 4.69) is 5.10 Å². The zero-order valence-corrected chi connectivity index (χ0v) is 11.9. The number of rotatable bonds is 3. The summed E-state index contributed by atoms with van der Waals surface area (Å²) in [7, 11) is 1.85. The van der Waals surface area contributed by atoms with E-state index in [4.69, 9.17) is 9.47 Å². The third-order valence-corrected chi connectivity index (χ3v) is 2.78. The molecule has 0 bridgehead atoms. The van der Waals surface area contributed by atoms with Gasteiger partial charge in [0, 0.05) is 26.1 Å². The molecule has 2 rings (SSSR count). The van der Waals surface area contributed by atoms with Gasteiger partial charge >= 0.3 is 6.09 Å². The van der Waals surface area contributed by atoms with Gasteiger partial charge in [0.05, 0.1) is 19.0 Å². The lowest BCUT2D eigenvalue weighted by atomic mass is 10.0. The Bertz CT molecular complexity index is 444. The number of likely N-dealkylation sites (tertiary alicyclic amines) is 1. The van der Waals surface area contributed by atoms with Gasteiger partial charge in [0.1, 0.15) is 5.60 Å². The largest absolute Gasteiger partial charge is 0.490 e. The number of hydrogen-bond donors (Lipinski definition) is 0. The minimum absolute atomic E-state index is 0.245. The number of hydrogen-bond acceptors (Lipinski definition) is 4. The van der Waals surface area contributed by atoms with Crippen molar-refractivity contribution < 1.29 is 14.3 Å². The molecule has 0 aliphatic carbocycles. The molecule has 1 aromatic rings. The van der Waals surface area contributed by atoms with Crippen molar-refractivity contribution in [1.29, 1.82) is 0 Å². The van der Waals surface area contributed by atoms with E-state index in [0.717, 1.165) is 5.75 Å². The third-order valence-electron chi connectivity index (χ3n) is 2.78. The molecule has 1 aliphatic heterocycles. The highest BCUT2D eigenvalue weighted by molar-refractivity contribution is 5.69. The summed E-state index contributed by atoms with van der Waals surface area (Å²) in [5, 5.41) is 4.03. The van der Waals surface area contributed by atoms with Crippen LogP contribution in [-0.2, 0) is 11.8 Å². The molecule has 0 N–H and O–H groups in total. The van der Waals surface area contributed by atoms with Crippen molar-refractivity contribution >= 4 is 6.09 Å². The zero-order chi connectivity index (χ0) is 14.0. The maximum atomic E-state index is 11.7. The Hall–Kier alpha value is -1.72. The first-order chi connectivity index (χ1) is 8.83. The predicted octanol–water partition coefficient (Wildman–Crippen LogP) is 1.67. The normalized spacial score (nSPS) is 16.1. The van der Waals surface area contributed by atoms with Gasteiger partial charge in [0.15, 0.2) is 5.75 Å². The van der Waals surface area contributed by atoms with Crippen LogP contribution in [0.5, 0.6) is 5.75 Å². The second kappa shape index (κ2) is 5.11. The van der Waals surface area contributed by atoms with Gasteiger partial charge in [-0.05, 0) is 20.8 Å². The number of amides is 1. The molecule has 0 saturated carbocycles. The van der Waals surface area contributed by atoms with E-state index >= 15 is 0 Å². The lowest BCUT2D eigenvalue weighted by Crippen LogP contribution is -2.53. The number of nitrogens with zero attached hydrogens (tertiary/aromatic N) is 3. The van der Waals surface area contributed by atoms with E-state index in [1.54, 1.807) is 15.8 Å². The van der Waals surface area contributed by atoms with Gasteiger partial charge in [0.2, 0.25) is 0 Å². The van der Waals surface area contributed by atoms with Gasteiger partial charge in [-0.2, -0.15) is 5.10 Å². The van der Waals surface area contributed by atoms with E-state index < -0.39 is 5.60 Å². The van der Waals surface area contributed by atoms with Crippen molar-refractivity contribution in [2.75, 3.05) is 19.7 Å². The van der Waals surface area contributed by atoms with E-state index in [1.807, 2.05) is 34.0 Å². The minimum atomic E-state index is -0.436. The number of carbonyl (C=O) groups excluding carboxylic acids is 1. The van der Waals surface area contributed by atoms with Crippen LogP contribution < -0.4 is 4.74 Å². The Morgan fingerprint density at radius 3 is 2.68 bits per heavy atom. The second-order valence-electron chi connectivity index (χ2n) is 5.91. The summed E-state index contributed by atoms with van der Waals surface area (Å²) in [6, 6.07) is 0. The Balaban J connectivity index is 1.67. The van der Waals surface area contributed by atoms with Crippen LogP contribution in [0.3, 0.4) is 0 Å². The molecule has 1 saturated heterocycles. The average molecular weight is 267 g/mol. The molecule has 0 atom stereocenters. The van der Waals surface area contributed by atoms with Crippen molar-refractivity contribution in [2.24, 2.45) is 13.0 Å². The molecule has 1 fully saturated rings. The minimum Gasteiger partial charge on any atom is -0.490 e. The highest BCUT2D eigenvalue weighted by Crippen LogP contribution is 2.20. The first-order valence-corrected chi connectivity index (χ1v) is 6.43. The van der Waals surface area contributed by atoms with Gasteiger partial charge in [0.25, 0.3) is 0 Å². The first-order valence-electron chi connectivity index (χ1n) is 6.43. The zero-order valence-electron chi connectivity index (χ0n) is 11.9. The summed E-state index contributed by atoms with van der Waals surface area (Å²) in [5.74, 6) is 1.13. The summed E-state index contributed by atoms with van der Waals surface area (Å²) in [6.07, 6.45) is 3.26. The van der Waals surface area contributed by atoms with Crippen LogP contribution >= 0.6 is 0 Å². The molecule has 1 amide bonds. The van der Waals surface area contributed by atoms with Gasteiger partial charge in [-0.3, -0.25) is 4.68 Å². The van der Waals surface area contributed by atoms with E-state index in [0.29, 0.717) is 25.6 Å². The molecule has 0 spiro atoms. The Morgan fingerprint density at radius 1 is 1.47 bits per heavy atom. The summed E-state index contributed by atoms with van der Waals surface area (Å²) < 4.78 is 12.6. The van der Waals surface area contributed by atoms with Gasteiger partial charge < -0.3 is 14.4 Å². The van der Waals surface area contributed by atoms with Gasteiger partial charge in [-0.25, -0.2) is 4.79 Å². The highest BCUT2D eigenvalue weighted by atomic mass is 16.6. The van der Waals surface area contributed by atoms with Crippen LogP contribution in [0.25, 0.3) is 0 Å². The maximum absolute atomic E-state index is 11.7. The Kier molecular flexibility index (Phi) is 3.68. The van der Waals surface area contributed by atoms with Crippen molar-refractivity contribution in [3.8, 4) is 5.75 Å². The van der Waals surface area contributed by atoms with Crippen molar-refractivity contribution in [1.82, 2.24) is 14.7 Å². The van der Waals surface area contributed by atoms with E-state index in [1.165, 1.54) is 0 Å². The quantitative estimate of drug-likeness (QED) is 0.836. The number of aryl methyl sites for hydroxylation is 1. The van der Waals surface area contributed by atoms with Crippen molar-refractivity contribution in [2.45, 2.75) is 26.4 Å². The SMILES string of the molecule is Cn1cc(OCC2CN(C(=O)OC(C)(C)C)C2)cn1. The topological polar surface area (TPSA) is 56.6 Å². The fourth-order valence-corrected chi connectivity index (χ4v) is 1.84. The molecular weight excluding hydrogens is 246 g/mol. The van der Waals surface area contributed by atoms with Crippen LogP contribution in [0.15, 0.2) is 12.4 Å². The Labute approximate surface area is 113 Å². The Morgan fingerprint density at radius 2 is 2.16 bits per heavy atom. The van der Waals surface area contributed by atoms with Crippen LogP contribution in [-0.4, -0.2) is 46.1 Å². The molecular formula is C13H21N3O3. The van der Waals surface area contributed by atoms with Gasteiger partial charge in [-0.15, -0.1) is 0 Å². The summed E-state index contributed by atoms with van der Waals surface area (Å²) >= 11 is 0. The number of ether oxygens (including phenoxy) is 2. The molecule has 1 aliphatic rings. The molecule has 0 radical (unpaired) electrons. The number of carbonyl (C=O) groups is 1. The fraction of sp³-hybridized carbons (Fsp3) is 0.692. The molecule has 6 nitrogen and oxygen atoms in total. The second-order valence-corrected chi connectivity index (χ2v) is 5.91. The smallest absolute Gasteiger partial charge is 0.410 e. The summed E-state index contributed by atoms with van der Waals surface area (Å²) in [4.78, 5) is 13.4. The third kappa shape index (κ3) is 3.87. The lowest BCUT2D eigenvalue weighted by molar-refractivity contribution is -0.00781. The van der Waals surface area contributed by atoms with Crippen LogP contribution in [0.1, 0.15) is 20.8 Å². The van der Waals surface area contributed by atoms with Crippen LogP contribution in [0.2, 0.25) is 0 Å². The number of aromatic nitrogens is 2. The van der Waals surface area contributed by atoms with Crippen LogP contribution in [0, 0.1) is 5.92 Å². The van der Waals surface area contributed by atoms with E-state index in [9.17, 15) is 4.79 Å². The van der Waals surface area contributed by atoms with Crippen molar-refractivity contribution in [3.63, 3.8) is 0 Å². The monoisotopic (exact) mass is 267 g/mol. The standard InChI is InChI=1S/C13H21N3O3/c1-13(2,3)19-12(17)16-6-10(7-16)9-18-11-5-14-15(4)8-11/h5,8,10H,6-7,9H2,1-4H3. The predicted molar refractivity (Wildman–Crippen MR) is 70.0 cm³/mol. The molecule has 0 unspecified atom stereocenters. The fourth-order valence-electron chi connectivity index (χ4n) is 1.84. The highest BCUT2D eigenvalue weighted by Gasteiger charge is 2.34. The lowest BCUT2D eigenvalue weighted by Gasteiger charge is -2.39. The van der Waals surface area contributed by atoms with E-state index in [-0.39, 0.29) is 6.09 Å². The average Bonchev–Trinajstić information content (AvgIpc) is 2.59. The van der Waals surface area contributed by atoms with Crippen molar-refractivity contribution in [3.05, 3.63) is 12.4 Å². The first kappa shape index (κ1) is 13.7. The molecule has 0 aromatic carbocycles. The van der Waals surface area contributed by atoms with Gasteiger partial charge in [-0.1, -0.05) is 0 Å². The summed E-state index contributed by atoms with van der Waals surface area (Å²) in [6.45, 7) is 7.59. The molecule has 2 heterocycles. The molecule has 1 aromatic heterocycles.